The number of aryl methyl sites for hydroxylation is 1. The maximum Gasteiger partial charge on any atom is 0.500 e. The van der Waals surface area contributed by atoms with E-state index in [0.29, 0.717) is 0 Å². The van der Waals surface area contributed by atoms with E-state index in [-0.39, 0.29) is 0 Å². The van der Waals surface area contributed by atoms with Gasteiger partial charge in [0.15, 0.2) is 0 Å². The van der Waals surface area contributed by atoms with Crippen LogP contribution in [0, 0.1) is 0 Å². The van der Waals surface area contributed by atoms with Crippen molar-refractivity contribution in [2.24, 2.45) is 0 Å². The van der Waals surface area contributed by atoms with E-state index in [1.54, 1.807) is 21.3 Å². The van der Waals surface area contributed by atoms with Crippen molar-refractivity contribution in [3.8, 4) is 0 Å². The highest BCUT2D eigenvalue weighted by molar-refractivity contribution is 6.60. The van der Waals surface area contributed by atoms with E-state index in [1.807, 2.05) is 12.3 Å². The van der Waals surface area contributed by atoms with E-state index in [9.17, 15) is 0 Å². The van der Waals surface area contributed by atoms with Gasteiger partial charge >= 0.3 is 8.80 Å². The molecule has 0 amide bonds. The van der Waals surface area contributed by atoms with Crippen molar-refractivity contribution in [3.05, 3.63) is 42.1 Å². The summed E-state index contributed by atoms with van der Waals surface area (Å²) < 4.78 is 16.4. The van der Waals surface area contributed by atoms with Crippen molar-refractivity contribution in [2.75, 3.05) is 21.3 Å². The lowest BCUT2D eigenvalue weighted by Crippen LogP contribution is -2.42. The molecule has 0 N–H and O–H groups in total. The van der Waals surface area contributed by atoms with Crippen LogP contribution in [0.4, 0.5) is 0 Å². The first-order valence-corrected chi connectivity index (χ1v) is 10.7. The van der Waals surface area contributed by atoms with Crippen LogP contribution < -0.4 is 0 Å². The molecule has 2 rings (SSSR count). The third-order valence-electron chi connectivity index (χ3n) is 4.60. The highest BCUT2D eigenvalue weighted by Gasteiger charge is 2.36. The van der Waals surface area contributed by atoms with Crippen LogP contribution in [-0.4, -0.2) is 35.1 Å². The first-order valence-electron chi connectivity index (χ1n) is 8.73. The Labute approximate surface area is 146 Å². The van der Waals surface area contributed by atoms with Gasteiger partial charge in [-0.1, -0.05) is 37.5 Å². The second kappa shape index (κ2) is 9.89. The molecular formula is C19H29NO3Si. The zero-order valence-electron chi connectivity index (χ0n) is 15.1. The Bertz CT molecular complexity index is 603. The van der Waals surface area contributed by atoms with Crippen LogP contribution in [0.1, 0.15) is 37.7 Å². The summed E-state index contributed by atoms with van der Waals surface area (Å²) in [5, 5.41) is 1.29. The van der Waals surface area contributed by atoms with Gasteiger partial charge in [0.25, 0.3) is 0 Å². The summed E-state index contributed by atoms with van der Waals surface area (Å²) >= 11 is 0. The van der Waals surface area contributed by atoms with Crippen molar-refractivity contribution < 1.29 is 13.3 Å². The molecule has 1 heterocycles. The average molecular weight is 348 g/mol. The van der Waals surface area contributed by atoms with Crippen molar-refractivity contribution in [1.82, 2.24) is 4.98 Å². The number of benzene rings is 1. The van der Waals surface area contributed by atoms with Gasteiger partial charge in [0.1, 0.15) is 0 Å². The number of pyridine rings is 1. The van der Waals surface area contributed by atoms with E-state index in [1.165, 1.54) is 36.6 Å². The fourth-order valence-corrected chi connectivity index (χ4v) is 4.92. The van der Waals surface area contributed by atoms with Gasteiger partial charge in [0, 0.05) is 39.0 Å². The molecule has 2 aromatic rings. The first kappa shape index (κ1) is 19.1. The van der Waals surface area contributed by atoms with Gasteiger partial charge in [0.05, 0.1) is 5.52 Å². The molecule has 4 nitrogen and oxygen atoms in total. The monoisotopic (exact) mass is 347 g/mol. The van der Waals surface area contributed by atoms with Crippen molar-refractivity contribution >= 4 is 19.7 Å². The van der Waals surface area contributed by atoms with E-state index >= 15 is 0 Å². The molecule has 0 saturated carbocycles. The molecule has 24 heavy (non-hydrogen) atoms. The van der Waals surface area contributed by atoms with E-state index in [0.717, 1.165) is 24.4 Å². The predicted molar refractivity (Wildman–Crippen MR) is 100 cm³/mol. The molecule has 0 saturated heterocycles. The van der Waals surface area contributed by atoms with Crippen LogP contribution in [0.3, 0.4) is 0 Å². The third kappa shape index (κ3) is 5.11. The molecule has 0 spiro atoms. The molecule has 0 bridgehead atoms. The topological polar surface area (TPSA) is 40.6 Å². The fraction of sp³-hybridized carbons (Fsp3) is 0.526. The van der Waals surface area contributed by atoms with E-state index < -0.39 is 8.80 Å². The van der Waals surface area contributed by atoms with E-state index in [2.05, 4.69) is 29.2 Å². The number of unbranched alkanes of at least 4 members (excludes halogenated alkanes) is 4. The molecule has 1 aromatic heterocycles. The normalized spacial score (nSPS) is 12.0. The lowest BCUT2D eigenvalue weighted by atomic mass is 10.0. The smallest absolute Gasteiger partial charge is 0.377 e. The molecule has 132 valence electrons. The summed E-state index contributed by atoms with van der Waals surface area (Å²) in [4.78, 5) is 4.43. The molecule has 1 aromatic carbocycles. The fourth-order valence-electron chi connectivity index (χ4n) is 3.13. The van der Waals surface area contributed by atoms with Gasteiger partial charge in [-0.15, -0.1) is 0 Å². The number of fused-ring (bicyclic) bond motifs is 1. The quantitative estimate of drug-likeness (QED) is 0.440. The summed E-state index contributed by atoms with van der Waals surface area (Å²) in [5.74, 6) is 0. The molecule has 0 fully saturated rings. The Morgan fingerprint density at radius 1 is 0.833 bits per heavy atom. The zero-order chi connectivity index (χ0) is 17.3. The molecule has 0 atom stereocenters. The van der Waals surface area contributed by atoms with Crippen molar-refractivity contribution in [3.63, 3.8) is 0 Å². The maximum absolute atomic E-state index is 5.45. The van der Waals surface area contributed by atoms with Crippen LogP contribution in [0.5, 0.6) is 0 Å². The summed E-state index contributed by atoms with van der Waals surface area (Å²) in [6, 6.07) is 11.5. The molecule has 0 aliphatic carbocycles. The number of aromatic nitrogens is 1. The van der Waals surface area contributed by atoms with Gasteiger partial charge in [-0.3, -0.25) is 4.98 Å². The lowest BCUT2D eigenvalue weighted by molar-refractivity contribution is 0.122. The minimum Gasteiger partial charge on any atom is -0.377 e. The number of rotatable bonds is 11. The molecule has 0 aliphatic rings. The minimum atomic E-state index is -2.38. The standard InChI is InChI=1S/C19H29NO3Si/c1-21-24(22-2,23-3)16-8-6-4-5-7-11-17-12-9-14-19-18(17)13-10-15-20-19/h9-10,12-15H,4-8,11,16H2,1-3H3. The highest BCUT2D eigenvalue weighted by atomic mass is 28.4. The van der Waals surface area contributed by atoms with Crippen molar-refractivity contribution in [2.45, 2.75) is 44.6 Å². The van der Waals surface area contributed by atoms with Crippen LogP contribution in [0.2, 0.25) is 6.04 Å². The van der Waals surface area contributed by atoms with Crippen LogP contribution in [0.15, 0.2) is 36.5 Å². The van der Waals surface area contributed by atoms with Crippen molar-refractivity contribution in [1.29, 1.82) is 0 Å². The summed E-state index contributed by atoms with van der Waals surface area (Å²) in [6.07, 6.45) is 8.98. The maximum atomic E-state index is 5.45. The van der Waals surface area contributed by atoms with E-state index in [4.69, 9.17) is 13.3 Å². The molecule has 5 heteroatoms. The third-order valence-corrected chi connectivity index (χ3v) is 7.43. The van der Waals surface area contributed by atoms with Gasteiger partial charge in [-0.05, 0) is 37.0 Å². The Kier molecular flexibility index (Phi) is 7.85. The summed E-state index contributed by atoms with van der Waals surface area (Å²) in [6.45, 7) is 0. The molecule has 0 aliphatic heterocycles. The molecular weight excluding hydrogens is 318 g/mol. The largest absolute Gasteiger partial charge is 0.500 e. The zero-order valence-corrected chi connectivity index (χ0v) is 16.1. The van der Waals surface area contributed by atoms with Crippen LogP contribution >= 0.6 is 0 Å². The number of nitrogens with zero attached hydrogens (tertiary/aromatic N) is 1. The lowest BCUT2D eigenvalue weighted by Gasteiger charge is -2.24. The Balaban J connectivity index is 1.68. The van der Waals surface area contributed by atoms with Gasteiger partial charge in [-0.2, -0.15) is 0 Å². The second-order valence-corrected chi connectivity index (χ2v) is 9.14. The second-order valence-electron chi connectivity index (χ2n) is 6.05. The Hall–Kier alpha value is -1.27. The Morgan fingerprint density at radius 3 is 2.29 bits per heavy atom. The average Bonchev–Trinajstić information content (AvgIpc) is 2.65. The summed E-state index contributed by atoms with van der Waals surface area (Å²) in [5.41, 5.74) is 2.50. The SMILES string of the molecule is CO[Si](CCCCCCCc1cccc2ncccc12)(OC)OC. The van der Waals surface area contributed by atoms with Crippen LogP contribution in [0.25, 0.3) is 10.9 Å². The molecule has 0 unspecified atom stereocenters. The minimum absolute atomic E-state index is 0.894. The Morgan fingerprint density at radius 2 is 1.54 bits per heavy atom. The highest BCUT2D eigenvalue weighted by Crippen LogP contribution is 2.20. The van der Waals surface area contributed by atoms with Gasteiger partial charge < -0.3 is 13.3 Å². The van der Waals surface area contributed by atoms with Crippen LogP contribution in [-0.2, 0) is 19.7 Å². The number of hydrogen-bond donors (Lipinski definition) is 0. The summed E-state index contributed by atoms with van der Waals surface area (Å²) in [7, 11) is 2.66. The predicted octanol–water partition coefficient (Wildman–Crippen LogP) is 4.61. The van der Waals surface area contributed by atoms with Gasteiger partial charge in [0.2, 0.25) is 0 Å². The van der Waals surface area contributed by atoms with Gasteiger partial charge in [-0.25, -0.2) is 0 Å². The first-order chi connectivity index (χ1) is 11.7. The number of hydrogen-bond acceptors (Lipinski definition) is 4. The molecule has 0 radical (unpaired) electrons.